The molecule has 1 aromatic rings. The second-order valence-electron chi connectivity index (χ2n) is 4.90. The molecule has 1 heterocycles. The lowest BCUT2D eigenvalue weighted by atomic mass is 10.2. The molecular weight excluding hydrogens is 278 g/mol. The van der Waals surface area contributed by atoms with Crippen molar-refractivity contribution in [1.29, 1.82) is 0 Å². The van der Waals surface area contributed by atoms with Gasteiger partial charge in [-0.25, -0.2) is 0 Å². The largest absolute Gasteiger partial charge is 0.378 e. The first kappa shape index (κ1) is 14.9. The maximum atomic E-state index is 11.7. The lowest BCUT2D eigenvalue weighted by Gasteiger charge is -2.30. The Hall–Kier alpha value is -1.46. The van der Waals surface area contributed by atoms with E-state index in [0.717, 1.165) is 37.7 Å². The molecule has 0 atom stereocenters. The van der Waals surface area contributed by atoms with Crippen LogP contribution < -0.4 is 10.2 Å². The monoisotopic (exact) mass is 297 g/mol. The van der Waals surface area contributed by atoms with Crippen molar-refractivity contribution in [2.75, 3.05) is 57.2 Å². The van der Waals surface area contributed by atoms with Crippen LogP contribution >= 0.6 is 11.6 Å². The number of carbonyl (C=O) groups excluding carboxylic acids is 1. The van der Waals surface area contributed by atoms with Gasteiger partial charge in [0.05, 0.1) is 31.1 Å². The van der Waals surface area contributed by atoms with Crippen LogP contribution in [-0.2, 0) is 9.53 Å². The molecule has 1 aliphatic rings. The molecule has 1 amide bonds. The molecule has 1 aliphatic heterocycles. The van der Waals surface area contributed by atoms with Crippen molar-refractivity contribution < 1.29 is 9.53 Å². The number of nitrogens with one attached hydrogen (secondary N) is 1. The van der Waals surface area contributed by atoms with E-state index in [1.165, 1.54) is 0 Å². The smallest absolute Gasteiger partial charge is 0.241 e. The normalized spacial score (nSPS) is 15.1. The van der Waals surface area contributed by atoms with Gasteiger partial charge in [-0.2, -0.15) is 0 Å². The predicted molar refractivity (Wildman–Crippen MR) is 81.7 cm³/mol. The van der Waals surface area contributed by atoms with Gasteiger partial charge in [0.2, 0.25) is 5.91 Å². The molecule has 0 aromatic heterocycles. The zero-order valence-corrected chi connectivity index (χ0v) is 12.6. The molecule has 110 valence electrons. The van der Waals surface area contributed by atoms with Crippen LogP contribution in [0.2, 0.25) is 5.02 Å². The van der Waals surface area contributed by atoms with E-state index in [2.05, 4.69) is 10.2 Å². The van der Waals surface area contributed by atoms with Crippen molar-refractivity contribution in [2.45, 2.75) is 0 Å². The molecule has 20 heavy (non-hydrogen) atoms. The highest BCUT2D eigenvalue weighted by Gasteiger charge is 2.15. The fourth-order valence-corrected chi connectivity index (χ4v) is 2.23. The van der Waals surface area contributed by atoms with E-state index >= 15 is 0 Å². The van der Waals surface area contributed by atoms with Gasteiger partial charge < -0.3 is 19.9 Å². The van der Waals surface area contributed by atoms with Gasteiger partial charge in [-0.3, -0.25) is 4.79 Å². The van der Waals surface area contributed by atoms with Crippen LogP contribution in [0.5, 0.6) is 0 Å². The average Bonchev–Trinajstić information content (AvgIpc) is 2.45. The molecule has 0 aliphatic carbocycles. The van der Waals surface area contributed by atoms with E-state index in [0.29, 0.717) is 5.02 Å². The molecular formula is C14H20ClN3O2. The van der Waals surface area contributed by atoms with Crippen LogP contribution in [0.4, 0.5) is 11.4 Å². The van der Waals surface area contributed by atoms with Gasteiger partial charge in [0, 0.05) is 32.2 Å². The van der Waals surface area contributed by atoms with Gasteiger partial charge in [0.25, 0.3) is 0 Å². The molecule has 1 fully saturated rings. The molecule has 1 aromatic carbocycles. The number of rotatable bonds is 4. The maximum Gasteiger partial charge on any atom is 0.241 e. The van der Waals surface area contributed by atoms with E-state index in [1.807, 2.05) is 18.2 Å². The lowest BCUT2D eigenvalue weighted by molar-refractivity contribution is -0.126. The Balaban J connectivity index is 2.13. The van der Waals surface area contributed by atoms with E-state index in [1.54, 1.807) is 19.0 Å². The standard InChI is InChI=1S/C14H20ClN3O2/c1-17(2)14(19)10-16-12-9-11(15)3-4-13(12)18-5-7-20-8-6-18/h3-4,9,16H,5-8,10H2,1-2H3. The van der Waals surface area contributed by atoms with Crippen LogP contribution in [0, 0.1) is 0 Å². The zero-order chi connectivity index (χ0) is 14.5. The summed E-state index contributed by atoms with van der Waals surface area (Å²) in [6, 6.07) is 5.71. The number of carbonyl (C=O) groups is 1. The summed E-state index contributed by atoms with van der Waals surface area (Å²) in [5.74, 6) is 0.0258. The molecule has 1 N–H and O–H groups in total. The summed E-state index contributed by atoms with van der Waals surface area (Å²) < 4.78 is 5.37. The summed E-state index contributed by atoms with van der Waals surface area (Å²) in [4.78, 5) is 15.5. The second-order valence-corrected chi connectivity index (χ2v) is 5.34. The summed E-state index contributed by atoms with van der Waals surface area (Å²) >= 11 is 6.06. The number of ether oxygens (including phenoxy) is 1. The van der Waals surface area contributed by atoms with E-state index in [9.17, 15) is 4.79 Å². The highest BCUT2D eigenvalue weighted by Crippen LogP contribution is 2.29. The van der Waals surface area contributed by atoms with Crippen LogP contribution in [-0.4, -0.2) is 57.8 Å². The molecule has 0 saturated carbocycles. The SMILES string of the molecule is CN(C)C(=O)CNc1cc(Cl)ccc1N1CCOCC1. The Morgan fingerprint density at radius 2 is 2.10 bits per heavy atom. The zero-order valence-electron chi connectivity index (χ0n) is 11.9. The van der Waals surface area contributed by atoms with Crippen LogP contribution in [0.25, 0.3) is 0 Å². The van der Waals surface area contributed by atoms with Gasteiger partial charge in [0.15, 0.2) is 0 Å². The Kier molecular flexibility index (Phi) is 5.09. The van der Waals surface area contributed by atoms with E-state index in [4.69, 9.17) is 16.3 Å². The first-order valence-corrected chi connectivity index (χ1v) is 7.02. The summed E-state index contributed by atoms with van der Waals surface area (Å²) in [6.45, 7) is 3.39. The number of halogens is 1. The fourth-order valence-electron chi connectivity index (χ4n) is 2.06. The fraction of sp³-hybridized carbons (Fsp3) is 0.500. The summed E-state index contributed by atoms with van der Waals surface area (Å²) in [7, 11) is 3.48. The summed E-state index contributed by atoms with van der Waals surface area (Å²) in [5.41, 5.74) is 1.94. The highest BCUT2D eigenvalue weighted by molar-refractivity contribution is 6.31. The minimum absolute atomic E-state index is 0.0258. The molecule has 0 radical (unpaired) electrons. The Morgan fingerprint density at radius 3 is 2.75 bits per heavy atom. The second kappa shape index (κ2) is 6.81. The van der Waals surface area contributed by atoms with Crippen molar-refractivity contribution in [2.24, 2.45) is 0 Å². The molecule has 1 saturated heterocycles. The Bertz CT molecular complexity index is 473. The average molecular weight is 298 g/mol. The topological polar surface area (TPSA) is 44.8 Å². The molecule has 0 bridgehead atoms. The van der Waals surface area contributed by atoms with E-state index < -0.39 is 0 Å². The number of hydrogen-bond donors (Lipinski definition) is 1. The minimum Gasteiger partial charge on any atom is -0.378 e. The number of likely N-dealkylation sites (N-methyl/N-ethyl adjacent to an activating group) is 1. The molecule has 0 unspecified atom stereocenters. The predicted octanol–water partition coefficient (Wildman–Crippen LogP) is 1.68. The van der Waals surface area contributed by atoms with Gasteiger partial charge in [-0.05, 0) is 18.2 Å². The minimum atomic E-state index is 0.0258. The van der Waals surface area contributed by atoms with Crippen molar-refractivity contribution in [3.8, 4) is 0 Å². The first-order valence-electron chi connectivity index (χ1n) is 6.64. The number of anilines is 2. The Labute approximate surface area is 124 Å². The van der Waals surface area contributed by atoms with Crippen LogP contribution in [0.15, 0.2) is 18.2 Å². The number of hydrogen-bond acceptors (Lipinski definition) is 4. The van der Waals surface area contributed by atoms with Crippen molar-refractivity contribution in [1.82, 2.24) is 4.90 Å². The van der Waals surface area contributed by atoms with Crippen LogP contribution in [0.1, 0.15) is 0 Å². The molecule has 0 spiro atoms. The van der Waals surface area contributed by atoms with Gasteiger partial charge in [-0.15, -0.1) is 0 Å². The van der Waals surface area contributed by atoms with E-state index in [-0.39, 0.29) is 12.5 Å². The number of nitrogens with zero attached hydrogens (tertiary/aromatic N) is 2. The van der Waals surface area contributed by atoms with Gasteiger partial charge >= 0.3 is 0 Å². The third-order valence-corrected chi connectivity index (χ3v) is 3.47. The highest BCUT2D eigenvalue weighted by atomic mass is 35.5. The third-order valence-electron chi connectivity index (χ3n) is 3.24. The van der Waals surface area contributed by atoms with Gasteiger partial charge in [-0.1, -0.05) is 11.6 Å². The van der Waals surface area contributed by atoms with Crippen molar-refractivity contribution in [3.05, 3.63) is 23.2 Å². The quantitative estimate of drug-likeness (QED) is 0.918. The van der Waals surface area contributed by atoms with Crippen LogP contribution in [0.3, 0.4) is 0 Å². The first-order chi connectivity index (χ1) is 9.58. The maximum absolute atomic E-state index is 11.7. The number of morpholine rings is 1. The molecule has 6 heteroatoms. The van der Waals surface area contributed by atoms with Crippen molar-refractivity contribution in [3.63, 3.8) is 0 Å². The lowest BCUT2D eigenvalue weighted by Crippen LogP contribution is -2.37. The van der Waals surface area contributed by atoms with Crippen molar-refractivity contribution >= 4 is 28.9 Å². The third kappa shape index (κ3) is 3.77. The Morgan fingerprint density at radius 1 is 1.40 bits per heavy atom. The van der Waals surface area contributed by atoms with Gasteiger partial charge in [0.1, 0.15) is 0 Å². The summed E-state index contributed by atoms with van der Waals surface area (Å²) in [6.07, 6.45) is 0. The molecule has 5 nitrogen and oxygen atoms in total. The molecule has 2 rings (SSSR count). The number of benzene rings is 1. The summed E-state index contributed by atoms with van der Waals surface area (Å²) in [5, 5.41) is 3.83. The number of amides is 1.